The summed E-state index contributed by atoms with van der Waals surface area (Å²) in [5.74, 6) is -0.342. The van der Waals surface area contributed by atoms with Gasteiger partial charge in [0.2, 0.25) is 0 Å². The van der Waals surface area contributed by atoms with Crippen LogP contribution < -0.4 is 10.6 Å². The minimum atomic E-state index is -0.350. The third-order valence-electron chi connectivity index (χ3n) is 4.31. The summed E-state index contributed by atoms with van der Waals surface area (Å²) in [5, 5.41) is 6.29. The number of amides is 2. The molecule has 0 fully saturated rings. The van der Waals surface area contributed by atoms with Crippen molar-refractivity contribution in [2.75, 3.05) is 10.6 Å². The number of furan rings is 1. The van der Waals surface area contributed by atoms with E-state index in [1.807, 2.05) is 42.5 Å². The average Bonchev–Trinajstić information content (AvgIpc) is 3.42. The van der Waals surface area contributed by atoms with Crippen LogP contribution in [0.4, 0.5) is 10.7 Å². The standard InChI is InChI=1S/C23H18N2O3S/c26-22(19-11-6-14-28-19)25-21-13-12-20(29-21)23(27)24-18-10-5-4-9-17(18)15-16-7-2-1-3-8-16/h1-14H,15H2,(H,24,27)(H,25,26). The molecule has 0 saturated carbocycles. The number of hydrogen-bond donors (Lipinski definition) is 2. The Labute approximate surface area is 172 Å². The Morgan fingerprint density at radius 3 is 2.38 bits per heavy atom. The van der Waals surface area contributed by atoms with Crippen molar-refractivity contribution < 1.29 is 14.0 Å². The molecule has 2 heterocycles. The molecule has 2 amide bonds. The first kappa shape index (κ1) is 18.7. The Morgan fingerprint density at radius 1 is 0.793 bits per heavy atom. The van der Waals surface area contributed by atoms with Crippen molar-refractivity contribution in [1.29, 1.82) is 0 Å². The van der Waals surface area contributed by atoms with Gasteiger partial charge in [-0.15, -0.1) is 11.3 Å². The van der Waals surface area contributed by atoms with Crippen molar-refractivity contribution in [1.82, 2.24) is 0 Å². The Bertz CT molecular complexity index is 1120. The van der Waals surface area contributed by atoms with Gasteiger partial charge in [-0.1, -0.05) is 48.5 Å². The highest BCUT2D eigenvalue weighted by Crippen LogP contribution is 2.25. The molecule has 2 aromatic carbocycles. The number of nitrogens with one attached hydrogen (secondary N) is 2. The lowest BCUT2D eigenvalue weighted by atomic mass is 10.0. The van der Waals surface area contributed by atoms with Crippen LogP contribution in [0.1, 0.15) is 31.4 Å². The summed E-state index contributed by atoms with van der Waals surface area (Å²) in [4.78, 5) is 25.3. The molecule has 0 bridgehead atoms. The van der Waals surface area contributed by atoms with E-state index in [4.69, 9.17) is 4.42 Å². The fourth-order valence-corrected chi connectivity index (χ4v) is 3.70. The molecule has 0 spiro atoms. The molecule has 2 N–H and O–H groups in total. The second-order valence-electron chi connectivity index (χ2n) is 6.37. The van der Waals surface area contributed by atoms with Gasteiger partial charge >= 0.3 is 0 Å². The van der Waals surface area contributed by atoms with Crippen molar-refractivity contribution in [3.05, 3.63) is 107 Å². The quantitative estimate of drug-likeness (QED) is 0.451. The molecule has 4 rings (SSSR count). The maximum absolute atomic E-state index is 12.7. The first-order valence-electron chi connectivity index (χ1n) is 9.07. The highest BCUT2D eigenvalue weighted by molar-refractivity contribution is 7.18. The van der Waals surface area contributed by atoms with Gasteiger partial charge in [0.05, 0.1) is 16.1 Å². The lowest BCUT2D eigenvalue weighted by Gasteiger charge is -2.10. The van der Waals surface area contributed by atoms with E-state index in [1.165, 1.54) is 23.2 Å². The fraction of sp³-hybridized carbons (Fsp3) is 0.0435. The number of benzene rings is 2. The monoisotopic (exact) mass is 402 g/mol. The van der Waals surface area contributed by atoms with E-state index in [1.54, 1.807) is 24.3 Å². The van der Waals surface area contributed by atoms with E-state index in [2.05, 4.69) is 22.8 Å². The predicted molar refractivity (Wildman–Crippen MR) is 115 cm³/mol. The summed E-state index contributed by atoms with van der Waals surface area (Å²) in [5.41, 5.74) is 2.99. The van der Waals surface area contributed by atoms with Crippen LogP contribution in [0.5, 0.6) is 0 Å². The molecule has 0 unspecified atom stereocenters. The van der Waals surface area contributed by atoms with Gasteiger partial charge < -0.3 is 15.1 Å². The van der Waals surface area contributed by atoms with Crippen molar-refractivity contribution in [2.24, 2.45) is 0 Å². The maximum Gasteiger partial charge on any atom is 0.291 e. The van der Waals surface area contributed by atoms with Crippen LogP contribution in [0.2, 0.25) is 0 Å². The van der Waals surface area contributed by atoms with Gasteiger partial charge in [-0.25, -0.2) is 0 Å². The van der Waals surface area contributed by atoms with Crippen LogP contribution in [0.15, 0.2) is 89.5 Å². The molecule has 0 atom stereocenters. The third kappa shape index (κ3) is 4.62. The molecule has 29 heavy (non-hydrogen) atoms. The van der Waals surface area contributed by atoms with E-state index in [9.17, 15) is 9.59 Å². The minimum Gasteiger partial charge on any atom is -0.459 e. The molecule has 6 heteroatoms. The number of anilines is 2. The molecule has 2 aromatic heterocycles. The van der Waals surface area contributed by atoms with Crippen molar-refractivity contribution in [3.8, 4) is 0 Å². The SMILES string of the molecule is O=C(Nc1ccc(C(=O)Nc2ccccc2Cc2ccccc2)s1)c1ccco1. The van der Waals surface area contributed by atoms with E-state index in [0.717, 1.165) is 17.7 Å². The molecular weight excluding hydrogens is 384 g/mol. The minimum absolute atomic E-state index is 0.214. The molecule has 0 aliphatic heterocycles. The van der Waals surface area contributed by atoms with E-state index in [0.29, 0.717) is 9.88 Å². The van der Waals surface area contributed by atoms with Crippen LogP contribution in [-0.4, -0.2) is 11.8 Å². The first-order chi connectivity index (χ1) is 14.2. The number of carbonyl (C=O) groups is 2. The lowest BCUT2D eigenvalue weighted by molar-refractivity contribution is 0.0995. The number of carbonyl (C=O) groups excluding carboxylic acids is 2. The number of rotatable bonds is 6. The van der Waals surface area contributed by atoms with Gasteiger partial charge in [0.15, 0.2) is 5.76 Å². The van der Waals surface area contributed by atoms with Crippen molar-refractivity contribution >= 4 is 33.8 Å². The summed E-state index contributed by atoms with van der Waals surface area (Å²) < 4.78 is 5.08. The van der Waals surface area contributed by atoms with E-state index >= 15 is 0 Å². The van der Waals surface area contributed by atoms with Crippen LogP contribution in [0, 0.1) is 0 Å². The molecule has 144 valence electrons. The lowest BCUT2D eigenvalue weighted by Crippen LogP contribution is -2.12. The van der Waals surface area contributed by atoms with Gasteiger partial charge in [-0.2, -0.15) is 0 Å². The molecule has 0 radical (unpaired) electrons. The number of thiophene rings is 1. The first-order valence-corrected chi connectivity index (χ1v) is 9.88. The van der Waals surface area contributed by atoms with Crippen LogP contribution >= 0.6 is 11.3 Å². The molecule has 4 aromatic rings. The zero-order valence-corrected chi connectivity index (χ0v) is 16.2. The molecular formula is C23H18N2O3S. The van der Waals surface area contributed by atoms with Gasteiger partial charge in [0.25, 0.3) is 11.8 Å². The average molecular weight is 402 g/mol. The Kier molecular flexibility index (Phi) is 5.54. The van der Waals surface area contributed by atoms with Gasteiger partial charge in [0, 0.05) is 5.69 Å². The molecule has 5 nitrogen and oxygen atoms in total. The van der Waals surface area contributed by atoms with Crippen molar-refractivity contribution in [3.63, 3.8) is 0 Å². The summed E-state index contributed by atoms with van der Waals surface area (Å²) >= 11 is 1.21. The molecule has 0 aliphatic rings. The van der Waals surface area contributed by atoms with Crippen LogP contribution in [0.3, 0.4) is 0 Å². The van der Waals surface area contributed by atoms with Gasteiger partial charge in [-0.3, -0.25) is 9.59 Å². The van der Waals surface area contributed by atoms with Crippen molar-refractivity contribution in [2.45, 2.75) is 6.42 Å². The highest BCUT2D eigenvalue weighted by Gasteiger charge is 2.14. The normalized spacial score (nSPS) is 10.5. The smallest absolute Gasteiger partial charge is 0.291 e. The van der Waals surface area contributed by atoms with Gasteiger partial charge in [-0.05, 0) is 47.9 Å². The fourth-order valence-electron chi connectivity index (χ4n) is 2.90. The zero-order chi connectivity index (χ0) is 20.1. The summed E-state index contributed by atoms with van der Waals surface area (Å²) in [6.07, 6.45) is 2.17. The predicted octanol–water partition coefficient (Wildman–Crippen LogP) is 5.44. The summed E-state index contributed by atoms with van der Waals surface area (Å²) in [6, 6.07) is 24.5. The number of para-hydroxylation sites is 1. The zero-order valence-electron chi connectivity index (χ0n) is 15.4. The van der Waals surface area contributed by atoms with Crippen LogP contribution in [0.25, 0.3) is 0 Å². The second kappa shape index (κ2) is 8.58. The second-order valence-corrected chi connectivity index (χ2v) is 7.45. The summed E-state index contributed by atoms with van der Waals surface area (Å²) in [6.45, 7) is 0. The van der Waals surface area contributed by atoms with Crippen LogP contribution in [-0.2, 0) is 6.42 Å². The Balaban J connectivity index is 1.45. The van der Waals surface area contributed by atoms with E-state index < -0.39 is 0 Å². The summed E-state index contributed by atoms with van der Waals surface area (Å²) in [7, 11) is 0. The molecule has 0 aliphatic carbocycles. The Hall–Kier alpha value is -3.64. The van der Waals surface area contributed by atoms with E-state index in [-0.39, 0.29) is 17.6 Å². The Morgan fingerprint density at radius 2 is 1.59 bits per heavy atom. The molecule has 0 saturated heterocycles. The highest BCUT2D eigenvalue weighted by atomic mass is 32.1. The van der Waals surface area contributed by atoms with Gasteiger partial charge in [0.1, 0.15) is 0 Å². The largest absolute Gasteiger partial charge is 0.459 e. The maximum atomic E-state index is 12.7. The third-order valence-corrected chi connectivity index (χ3v) is 5.31. The topological polar surface area (TPSA) is 71.3 Å². The number of hydrogen-bond acceptors (Lipinski definition) is 4.